The van der Waals surface area contributed by atoms with Gasteiger partial charge in [0.15, 0.2) is 0 Å². The quantitative estimate of drug-likeness (QED) is 0.834. The van der Waals surface area contributed by atoms with E-state index in [1.54, 1.807) is 7.11 Å². The third kappa shape index (κ3) is 3.24. The molecule has 0 atom stereocenters. The molecule has 0 heterocycles. The maximum absolute atomic E-state index is 12.3. The van der Waals surface area contributed by atoms with E-state index in [4.69, 9.17) is 4.74 Å². The second-order valence-electron chi connectivity index (χ2n) is 4.76. The van der Waals surface area contributed by atoms with E-state index in [9.17, 15) is 4.79 Å². The fraction of sp³-hybridized carbons (Fsp3) is 0.278. The molecule has 0 bridgehead atoms. The van der Waals surface area contributed by atoms with Crippen LogP contribution in [0.4, 0.5) is 0 Å². The molecule has 0 fully saturated rings. The summed E-state index contributed by atoms with van der Waals surface area (Å²) >= 11 is 0. The summed E-state index contributed by atoms with van der Waals surface area (Å²) in [5, 5.41) is 0. The van der Waals surface area contributed by atoms with Gasteiger partial charge in [-0.25, -0.2) is 0 Å². The number of hydrogen-bond acceptors (Lipinski definition) is 2. The van der Waals surface area contributed by atoms with Gasteiger partial charge in [0.05, 0.1) is 7.11 Å². The standard InChI is InChI=1S/C18H21NO2/c1-4-19(5-2)18(20)15-12-10-14(11-13-15)16-8-6-7-9-17(16)21-3/h6-13H,4-5H2,1-3H3. The predicted octanol–water partition coefficient (Wildman–Crippen LogP) is 3.84. The van der Waals surface area contributed by atoms with Gasteiger partial charge in [0, 0.05) is 24.2 Å². The van der Waals surface area contributed by atoms with Crippen LogP contribution in [-0.2, 0) is 0 Å². The van der Waals surface area contributed by atoms with Crippen LogP contribution < -0.4 is 4.74 Å². The summed E-state index contributed by atoms with van der Waals surface area (Å²) in [6.45, 7) is 5.43. The zero-order valence-electron chi connectivity index (χ0n) is 12.8. The highest BCUT2D eigenvalue weighted by Gasteiger charge is 2.12. The second-order valence-corrected chi connectivity index (χ2v) is 4.76. The van der Waals surface area contributed by atoms with E-state index in [1.165, 1.54) is 0 Å². The van der Waals surface area contributed by atoms with Gasteiger partial charge in [-0.2, -0.15) is 0 Å². The SMILES string of the molecule is CCN(CC)C(=O)c1ccc(-c2ccccc2OC)cc1. The Morgan fingerprint density at radius 1 is 1.00 bits per heavy atom. The van der Waals surface area contributed by atoms with Crippen molar-refractivity contribution in [1.29, 1.82) is 0 Å². The molecule has 0 spiro atoms. The Hall–Kier alpha value is -2.29. The molecule has 2 rings (SSSR count). The van der Waals surface area contributed by atoms with Crippen LogP contribution in [0.2, 0.25) is 0 Å². The Morgan fingerprint density at radius 2 is 1.62 bits per heavy atom. The third-order valence-corrected chi connectivity index (χ3v) is 3.60. The number of para-hydroxylation sites is 1. The molecule has 0 saturated heterocycles. The van der Waals surface area contributed by atoms with E-state index in [-0.39, 0.29) is 5.91 Å². The molecule has 0 unspecified atom stereocenters. The van der Waals surface area contributed by atoms with Gasteiger partial charge in [0.1, 0.15) is 5.75 Å². The molecule has 0 aliphatic heterocycles. The monoisotopic (exact) mass is 283 g/mol. The van der Waals surface area contributed by atoms with Crippen LogP contribution >= 0.6 is 0 Å². The first-order valence-corrected chi connectivity index (χ1v) is 7.24. The van der Waals surface area contributed by atoms with Crippen LogP contribution in [0, 0.1) is 0 Å². The summed E-state index contributed by atoms with van der Waals surface area (Å²) in [5.74, 6) is 0.909. The molecule has 1 amide bonds. The van der Waals surface area contributed by atoms with Crippen LogP contribution in [0.1, 0.15) is 24.2 Å². The molecular weight excluding hydrogens is 262 g/mol. The lowest BCUT2D eigenvalue weighted by Gasteiger charge is -2.18. The van der Waals surface area contributed by atoms with Crippen LogP contribution in [0.25, 0.3) is 11.1 Å². The predicted molar refractivity (Wildman–Crippen MR) is 85.7 cm³/mol. The zero-order chi connectivity index (χ0) is 15.2. The Bertz CT molecular complexity index is 601. The topological polar surface area (TPSA) is 29.5 Å². The highest BCUT2D eigenvalue weighted by atomic mass is 16.5. The number of rotatable bonds is 5. The molecule has 3 heteroatoms. The maximum Gasteiger partial charge on any atom is 0.253 e. The van der Waals surface area contributed by atoms with E-state index >= 15 is 0 Å². The number of methoxy groups -OCH3 is 1. The molecule has 21 heavy (non-hydrogen) atoms. The number of benzene rings is 2. The first kappa shape index (κ1) is 15.1. The number of carbonyl (C=O) groups excluding carboxylic acids is 1. The molecule has 0 N–H and O–H groups in total. The smallest absolute Gasteiger partial charge is 0.253 e. The molecule has 2 aromatic rings. The van der Waals surface area contributed by atoms with E-state index in [1.807, 2.05) is 67.3 Å². The average Bonchev–Trinajstić information content (AvgIpc) is 2.56. The lowest BCUT2D eigenvalue weighted by atomic mass is 10.0. The first-order chi connectivity index (χ1) is 10.2. The minimum Gasteiger partial charge on any atom is -0.496 e. The maximum atomic E-state index is 12.3. The molecule has 0 saturated carbocycles. The van der Waals surface area contributed by atoms with E-state index in [2.05, 4.69) is 0 Å². The van der Waals surface area contributed by atoms with Gasteiger partial charge in [-0.05, 0) is 37.6 Å². The van der Waals surface area contributed by atoms with Gasteiger partial charge >= 0.3 is 0 Å². The van der Waals surface area contributed by atoms with E-state index in [0.29, 0.717) is 0 Å². The van der Waals surface area contributed by atoms with Crippen molar-refractivity contribution in [3.05, 3.63) is 54.1 Å². The molecule has 0 aliphatic rings. The number of nitrogens with zero attached hydrogens (tertiary/aromatic N) is 1. The van der Waals surface area contributed by atoms with Crippen molar-refractivity contribution in [2.24, 2.45) is 0 Å². The normalized spacial score (nSPS) is 10.2. The van der Waals surface area contributed by atoms with Gasteiger partial charge in [-0.15, -0.1) is 0 Å². The fourth-order valence-electron chi connectivity index (χ4n) is 2.37. The molecule has 110 valence electrons. The number of carbonyl (C=O) groups is 1. The van der Waals surface area contributed by atoms with Gasteiger partial charge in [0.25, 0.3) is 5.91 Å². The van der Waals surface area contributed by atoms with Crippen molar-refractivity contribution < 1.29 is 9.53 Å². The van der Waals surface area contributed by atoms with Crippen LogP contribution in [0.3, 0.4) is 0 Å². The Morgan fingerprint density at radius 3 is 2.19 bits per heavy atom. The molecule has 0 aliphatic carbocycles. The average molecular weight is 283 g/mol. The Labute approximate surface area is 126 Å². The molecular formula is C18H21NO2. The minimum atomic E-state index is 0.0755. The van der Waals surface area contributed by atoms with Crippen molar-refractivity contribution >= 4 is 5.91 Å². The van der Waals surface area contributed by atoms with Crippen LogP contribution in [0.5, 0.6) is 5.75 Å². The number of amides is 1. The van der Waals surface area contributed by atoms with Gasteiger partial charge < -0.3 is 9.64 Å². The van der Waals surface area contributed by atoms with Crippen LogP contribution in [-0.4, -0.2) is 31.0 Å². The highest BCUT2D eigenvalue weighted by molar-refractivity contribution is 5.94. The summed E-state index contributed by atoms with van der Waals surface area (Å²) in [6, 6.07) is 15.6. The van der Waals surface area contributed by atoms with E-state index in [0.717, 1.165) is 35.5 Å². The van der Waals surface area contributed by atoms with Crippen molar-refractivity contribution in [3.63, 3.8) is 0 Å². The lowest BCUT2D eigenvalue weighted by Crippen LogP contribution is -2.30. The summed E-state index contributed by atoms with van der Waals surface area (Å²) in [4.78, 5) is 14.1. The molecule has 0 radical (unpaired) electrons. The largest absolute Gasteiger partial charge is 0.496 e. The molecule has 0 aromatic heterocycles. The lowest BCUT2D eigenvalue weighted by molar-refractivity contribution is 0.0773. The highest BCUT2D eigenvalue weighted by Crippen LogP contribution is 2.29. The summed E-state index contributed by atoms with van der Waals surface area (Å²) in [7, 11) is 1.66. The first-order valence-electron chi connectivity index (χ1n) is 7.24. The van der Waals surface area contributed by atoms with Crippen molar-refractivity contribution in [2.75, 3.05) is 20.2 Å². The summed E-state index contributed by atoms with van der Waals surface area (Å²) in [6.07, 6.45) is 0. The van der Waals surface area contributed by atoms with Gasteiger partial charge in [-0.3, -0.25) is 4.79 Å². The van der Waals surface area contributed by atoms with Gasteiger partial charge in [0.2, 0.25) is 0 Å². The second kappa shape index (κ2) is 6.93. The van der Waals surface area contributed by atoms with Crippen LogP contribution in [0.15, 0.2) is 48.5 Å². The fourth-order valence-corrected chi connectivity index (χ4v) is 2.37. The Balaban J connectivity index is 2.29. The zero-order valence-corrected chi connectivity index (χ0v) is 12.8. The van der Waals surface area contributed by atoms with Crippen molar-refractivity contribution in [2.45, 2.75) is 13.8 Å². The molecule has 2 aromatic carbocycles. The third-order valence-electron chi connectivity index (χ3n) is 3.60. The number of hydrogen-bond donors (Lipinski definition) is 0. The number of ether oxygens (including phenoxy) is 1. The Kier molecular flexibility index (Phi) is 4.99. The molecule has 3 nitrogen and oxygen atoms in total. The summed E-state index contributed by atoms with van der Waals surface area (Å²) < 4.78 is 5.38. The van der Waals surface area contributed by atoms with Gasteiger partial charge in [-0.1, -0.05) is 30.3 Å². The van der Waals surface area contributed by atoms with E-state index < -0.39 is 0 Å². The minimum absolute atomic E-state index is 0.0755. The van der Waals surface area contributed by atoms with Crippen molar-refractivity contribution in [1.82, 2.24) is 4.90 Å². The van der Waals surface area contributed by atoms with Crippen molar-refractivity contribution in [3.8, 4) is 16.9 Å². The summed E-state index contributed by atoms with van der Waals surface area (Å²) in [5.41, 5.74) is 2.79.